The highest BCUT2D eigenvalue weighted by Crippen LogP contribution is 1.93. The van der Waals surface area contributed by atoms with Crippen LogP contribution in [0.1, 0.15) is 13.3 Å². The highest BCUT2D eigenvalue weighted by atomic mass is 16.3. The lowest BCUT2D eigenvalue weighted by Gasteiger charge is -2.06. The molecule has 0 spiro atoms. The second-order valence-electron chi connectivity index (χ2n) is 2.91. The summed E-state index contributed by atoms with van der Waals surface area (Å²) < 4.78 is 1.88. The minimum Gasteiger partial charge on any atom is -0.393 e. The Morgan fingerprint density at radius 2 is 2.08 bits per heavy atom. The van der Waals surface area contributed by atoms with Gasteiger partial charge in [-0.2, -0.15) is 0 Å². The van der Waals surface area contributed by atoms with Crippen molar-refractivity contribution in [3.63, 3.8) is 0 Å². The number of aliphatic hydroxyl groups excluding tert-OH is 1. The van der Waals surface area contributed by atoms with Crippen LogP contribution < -0.4 is 5.43 Å². The molecule has 1 aromatic heterocycles. The molecule has 0 aliphatic rings. The summed E-state index contributed by atoms with van der Waals surface area (Å²) in [6, 6.07) is 3.03. The molecular formula is C9H13NO2. The lowest BCUT2D eigenvalue weighted by Crippen LogP contribution is -2.08. The molecule has 0 aliphatic heterocycles. The lowest BCUT2D eigenvalue weighted by atomic mass is 10.3. The van der Waals surface area contributed by atoms with Crippen LogP contribution in [0.15, 0.2) is 29.3 Å². The molecular weight excluding hydrogens is 154 g/mol. The van der Waals surface area contributed by atoms with Gasteiger partial charge in [-0.15, -0.1) is 0 Å². The molecule has 3 heteroatoms. The van der Waals surface area contributed by atoms with Gasteiger partial charge in [-0.1, -0.05) is 0 Å². The summed E-state index contributed by atoms with van der Waals surface area (Å²) in [5.41, 5.74) is 0.0169. The molecule has 0 radical (unpaired) electrons. The summed E-state index contributed by atoms with van der Waals surface area (Å²) in [6.45, 7) is 2.50. The average Bonchev–Trinajstić information content (AvgIpc) is 2.03. The second-order valence-corrected chi connectivity index (χ2v) is 2.91. The Bertz CT molecular complexity index is 270. The van der Waals surface area contributed by atoms with Gasteiger partial charge in [-0.3, -0.25) is 4.79 Å². The van der Waals surface area contributed by atoms with Crippen LogP contribution >= 0.6 is 0 Å². The molecule has 1 N–H and O–H groups in total. The van der Waals surface area contributed by atoms with Crippen LogP contribution in [0.2, 0.25) is 0 Å². The van der Waals surface area contributed by atoms with Crippen molar-refractivity contribution in [3.8, 4) is 0 Å². The Kier molecular flexibility index (Phi) is 3.05. The maximum Gasteiger partial charge on any atom is 0.181 e. The Labute approximate surface area is 71.3 Å². The van der Waals surface area contributed by atoms with Crippen molar-refractivity contribution in [1.29, 1.82) is 0 Å². The number of pyridine rings is 1. The molecule has 0 aromatic carbocycles. The molecule has 0 saturated heterocycles. The molecule has 3 nitrogen and oxygen atoms in total. The molecule has 1 unspecified atom stereocenters. The highest BCUT2D eigenvalue weighted by molar-refractivity contribution is 4.93. The third-order valence-corrected chi connectivity index (χ3v) is 1.67. The summed E-state index contributed by atoms with van der Waals surface area (Å²) in [7, 11) is 0. The third kappa shape index (κ3) is 2.88. The molecule has 66 valence electrons. The van der Waals surface area contributed by atoms with Gasteiger partial charge in [0.2, 0.25) is 0 Å². The molecule has 0 bridgehead atoms. The smallest absolute Gasteiger partial charge is 0.181 e. The normalized spacial score (nSPS) is 12.8. The van der Waals surface area contributed by atoms with Crippen LogP contribution in [0.4, 0.5) is 0 Å². The lowest BCUT2D eigenvalue weighted by molar-refractivity contribution is 0.178. The number of aliphatic hydroxyl groups is 1. The van der Waals surface area contributed by atoms with Crippen molar-refractivity contribution in [2.24, 2.45) is 0 Å². The standard InChI is InChI=1S/C9H13NO2/c1-8(11)2-5-10-6-3-9(12)4-7-10/h3-4,6-8,11H,2,5H2,1H3. The number of hydrogen-bond acceptors (Lipinski definition) is 2. The first kappa shape index (κ1) is 9.00. The first-order valence-electron chi connectivity index (χ1n) is 4.02. The summed E-state index contributed by atoms with van der Waals surface area (Å²) in [4.78, 5) is 10.7. The first-order chi connectivity index (χ1) is 5.68. The van der Waals surface area contributed by atoms with E-state index in [1.54, 1.807) is 19.3 Å². The van der Waals surface area contributed by atoms with Crippen molar-refractivity contribution >= 4 is 0 Å². The molecule has 0 aliphatic carbocycles. The van der Waals surface area contributed by atoms with E-state index < -0.39 is 0 Å². The van der Waals surface area contributed by atoms with E-state index in [0.717, 1.165) is 6.54 Å². The molecule has 12 heavy (non-hydrogen) atoms. The van der Waals surface area contributed by atoms with Gasteiger partial charge in [-0.05, 0) is 13.3 Å². The Balaban J connectivity index is 2.53. The Morgan fingerprint density at radius 1 is 1.50 bits per heavy atom. The van der Waals surface area contributed by atoms with Crippen LogP contribution in [0, 0.1) is 0 Å². The molecule has 0 amide bonds. The van der Waals surface area contributed by atoms with Crippen LogP contribution in [-0.2, 0) is 6.54 Å². The van der Waals surface area contributed by atoms with Gasteiger partial charge in [0.15, 0.2) is 5.43 Å². The van der Waals surface area contributed by atoms with Crippen molar-refractivity contribution in [1.82, 2.24) is 4.57 Å². The van der Waals surface area contributed by atoms with Crippen LogP contribution in [0.5, 0.6) is 0 Å². The Morgan fingerprint density at radius 3 is 2.58 bits per heavy atom. The van der Waals surface area contributed by atoms with Crippen molar-refractivity contribution in [2.75, 3.05) is 0 Å². The zero-order valence-electron chi connectivity index (χ0n) is 7.10. The average molecular weight is 167 g/mol. The van der Waals surface area contributed by atoms with E-state index in [4.69, 9.17) is 5.11 Å². The Hall–Kier alpha value is -1.09. The maximum atomic E-state index is 10.7. The predicted octanol–water partition coefficient (Wildman–Crippen LogP) is 0.619. The summed E-state index contributed by atoms with van der Waals surface area (Å²) >= 11 is 0. The van der Waals surface area contributed by atoms with E-state index in [9.17, 15) is 4.79 Å². The van der Waals surface area contributed by atoms with E-state index in [1.807, 2.05) is 4.57 Å². The molecule has 1 heterocycles. The summed E-state index contributed by atoms with van der Waals surface area (Å²) in [5.74, 6) is 0. The summed E-state index contributed by atoms with van der Waals surface area (Å²) in [6.07, 6.45) is 3.88. The fourth-order valence-corrected chi connectivity index (χ4v) is 0.929. The number of nitrogens with zero attached hydrogens (tertiary/aromatic N) is 1. The van der Waals surface area contributed by atoms with Gasteiger partial charge in [0.05, 0.1) is 6.10 Å². The van der Waals surface area contributed by atoms with Gasteiger partial charge >= 0.3 is 0 Å². The largest absolute Gasteiger partial charge is 0.393 e. The van der Waals surface area contributed by atoms with Crippen molar-refractivity contribution in [3.05, 3.63) is 34.7 Å². The van der Waals surface area contributed by atoms with E-state index in [-0.39, 0.29) is 11.5 Å². The predicted molar refractivity (Wildman–Crippen MR) is 47.0 cm³/mol. The number of hydrogen-bond donors (Lipinski definition) is 1. The van der Waals surface area contributed by atoms with Crippen molar-refractivity contribution in [2.45, 2.75) is 26.0 Å². The maximum absolute atomic E-state index is 10.7. The van der Waals surface area contributed by atoms with Gasteiger partial charge in [0, 0.05) is 31.1 Å². The molecule has 0 fully saturated rings. The number of aryl methyl sites for hydroxylation is 1. The second kappa shape index (κ2) is 4.07. The number of rotatable bonds is 3. The summed E-state index contributed by atoms with van der Waals surface area (Å²) in [5, 5.41) is 8.99. The minimum absolute atomic E-state index is 0.0169. The molecule has 0 saturated carbocycles. The molecule has 1 atom stereocenters. The van der Waals surface area contributed by atoms with E-state index in [1.165, 1.54) is 12.1 Å². The fourth-order valence-electron chi connectivity index (χ4n) is 0.929. The van der Waals surface area contributed by atoms with Gasteiger partial charge in [0.25, 0.3) is 0 Å². The minimum atomic E-state index is -0.288. The van der Waals surface area contributed by atoms with Crippen LogP contribution in [0.25, 0.3) is 0 Å². The van der Waals surface area contributed by atoms with Crippen molar-refractivity contribution < 1.29 is 5.11 Å². The zero-order chi connectivity index (χ0) is 8.97. The third-order valence-electron chi connectivity index (χ3n) is 1.67. The van der Waals surface area contributed by atoms with Crippen LogP contribution in [-0.4, -0.2) is 15.8 Å². The highest BCUT2D eigenvalue weighted by Gasteiger charge is 1.94. The zero-order valence-corrected chi connectivity index (χ0v) is 7.10. The topological polar surface area (TPSA) is 42.2 Å². The SMILES string of the molecule is CC(O)CCn1ccc(=O)cc1. The fraction of sp³-hybridized carbons (Fsp3) is 0.444. The quantitative estimate of drug-likeness (QED) is 0.717. The van der Waals surface area contributed by atoms with Gasteiger partial charge in [0.1, 0.15) is 0 Å². The van der Waals surface area contributed by atoms with E-state index in [2.05, 4.69) is 0 Å². The van der Waals surface area contributed by atoms with Gasteiger partial charge < -0.3 is 9.67 Å². The first-order valence-corrected chi connectivity index (χ1v) is 4.02. The van der Waals surface area contributed by atoms with Gasteiger partial charge in [-0.25, -0.2) is 0 Å². The monoisotopic (exact) mass is 167 g/mol. The molecule has 1 aromatic rings. The van der Waals surface area contributed by atoms with Crippen LogP contribution in [0.3, 0.4) is 0 Å². The number of aromatic nitrogens is 1. The van der Waals surface area contributed by atoms with E-state index >= 15 is 0 Å². The van der Waals surface area contributed by atoms with E-state index in [0.29, 0.717) is 6.42 Å². The molecule has 1 rings (SSSR count).